The number of phenols is 1. The van der Waals surface area contributed by atoms with Crippen molar-refractivity contribution in [3.63, 3.8) is 0 Å². The standard InChI is InChI=1S/C12H13N5O3/c1-2-20-9-5-3-4-8(11(9)19)6-13-16-12-15-10(18)7-14-17-12/h3-7,19H,2H2,1H3,(H2,15,16,17,18)/b13-6+. The predicted octanol–water partition coefficient (Wildman–Crippen LogP) is 0.715. The van der Waals surface area contributed by atoms with E-state index < -0.39 is 0 Å². The molecule has 2 aromatic rings. The number of hydrazone groups is 1. The molecule has 1 aromatic carbocycles. The molecule has 8 heteroatoms. The number of aromatic amines is 1. The average molecular weight is 275 g/mol. The van der Waals surface area contributed by atoms with E-state index in [1.807, 2.05) is 6.92 Å². The molecule has 0 aliphatic heterocycles. The normalized spacial score (nSPS) is 10.7. The first-order valence-corrected chi connectivity index (χ1v) is 5.86. The Bertz CT molecular complexity index is 668. The van der Waals surface area contributed by atoms with Crippen molar-refractivity contribution in [1.82, 2.24) is 15.2 Å². The van der Waals surface area contributed by atoms with Gasteiger partial charge in [-0.15, -0.1) is 10.2 Å². The molecule has 3 N–H and O–H groups in total. The van der Waals surface area contributed by atoms with Crippen LogP contribution in [0.1, 0.15) is 12.5 Å². The molecule has 0 aliphatic carbocycles. The van der Waals surface area contributed by atoms with Crippen LogP contribution in [-0.4, -0.2) is 33.1 Å². The van der Waals surface area contributed by atoms with Crippen molar-refractivity contribution in [2.45, 2.75) is 6.92 Å². The SMILES string of the molecule is CCOc1cccc(/C=N/Nc2nncc(=O)[nH]2)c1O. The number of H-pyrrole nitrogens is 1. The Morgan fingerprint density at radius 2 is 2.40 bits per heavy atom. The van der Waals surface area contributed by atoms with Gasteiger partial charge in [0.1, 0.15) is 6.20 Å². The average Bonchev–Trinajstić information content (AvgIpc) is 2.43. The molecule has 0 aliphatic rings. The minimum absolute atomic E-state index is 0.00691. The maximum absolute atomic E-state index is 11.0. The number of aromatic nitrogens is 3. The van der Waals surface area contributed by atoms with Gasteiger partial charge in [0.2, 0.25) is 5.95 Å². The number of ether oxygens (including phenoxy) is 1. The number of hydrogen-bond donors (Lipinski definition) is 3. The van der Waals surface area contributed by atoms with Crippen LogP contribution in [0.4, 0.5) is 5.95 Å². The molecule has 104 valence electrons. The monoisotopic (exact) mass is 275 g/mol. The fourth-order valence-corrected chi connectivity index (χ4v) is 1.44. The molecule has 2 rings (SSSR count). The van der Waals surface area contributed by atoms with E-state index >= 15 is 0 Å². The predicted molar refractivity (Wildman–Crippen MR) is 73.1 cm³/mol. The summed E-state index contributed by atoms with van der Waals surface area (Å²) in [5, 5.41) is 20.9. The van der Waals surface area contributed by atoms with E-state index in [-0.39, 0.29) is 17.3 Å². The summed E-state index contributed by atoms with van der Waals surface area (Å²) in [4.78, 5) is 13.4. The van der Waals surface area contributed by atoms with Crippen LogP contribution in [0.5, 0.6) is 11.5 Å². The number of benzene rings is 1. The van der Waals surface area contributed by atoms with Crippen LogP contribution in [0.15, 0.2) is 34.3 Å². The van der Waals surface area contributed by atoms with E-state index in [2.05, 4.69) is 25.7 Å². The smallest absolute Gasteiger partial charge is 0.271 e. The lowest BCUT2D eigenvalue weighted by atomic mass is 10.2. The lowest BCUT2D eigenvalue weighted by Crippen LogP contribution is -2.10. The molecule has 1 heterocycles. The van der Waals surface area contributed by atoms with E-state index in [1.165, 1.54) is 6.21 Å². The Morgan fingerprint density at radius 3 is 3.15 bits per heavy atom. The van der Waals surface area contributed by atoms with Gasteiger partial charge in [-0.25, -0.2) is 5.43 Å². The van der Waals surface area contributed by atoms with Gasteiger partial charge in [0, 0.05) is 5.56 Å². The molecule has 0 radical (unpaired) electrons. The minimum atomic E-state index is -0.390. The topological polar surface area (TPSA) is 112 Å². The second-order valence-electron chi connectivity index (χ2n) is 3.68. The summed E-state index contributed by atoms with van der Waals surface area (Å²) < 4.78 is 5.26. The minimum Gasteiger partial charge on any atom is -0.504 e. The van der Waals surface area contributed by atoms with Gasteiger partial charge in [0.05, 0.1) is 12.8 Å². The van der Waals surface area contributed by atoms with Crippen LogP contribution in [0.25, 0.3) is 0 Å². The Hall–Kier alpha value is -2.90. The van der Waals surface area contributed by atoms with E-state index in [1.54, 1.807) is 18.2 Å². The molecular weight excluding hydrogens is 262 g/mol. The summed E-state index contributed by atoms with van der Waals surface area (Å²) in [7, 11) is 0. The van der Waals surface area contributed by atoms with E-state index in [0.717, 1.165) is 6.20 Å². The zero-order chi connectivity index (χ0) is 14.4. The van der Waals surface area contributed by atoms with Crippen LogP contribution in [0, 0.1) is 0 Å². The summed E-state index contributed by atoms with van der Waals surface area (Å²) in [6.45, 7) is 2.28. The third kappa shape index (κ3) is 3.31. The highest BCUT2D eigenvalue weighted by Gasteiger charge is 2.05. The Balaban J connectivity index is 2.12. The van der Waals surface area contributed by atoms with Crippen molar-refractivity contribution in [3.8, 4) is 11.5 Å². The van der Waals surface area contributed by atoms with Crippen LogP contribution in [-0.2, 0) is 0 Å². The molecular formula is C12H13N5O3. The van der Waals surface area contributed by atoms with Gasteiger partial charge in [0.25, 0.3) is 5.56 Å². The fraction of sp³-hybridized carbons (Fsp3) is 0.167. The van der Waals surface area contributed by atoms with Crippen molar-refractivity contribution in [1.29, 1.82) is 0 Å². The molecule has 0 saturated heterocycles. The van der Waals surface area contributed by atoms with Gasteiger partial charge in [0.15, 0.2) is 11.5 Å². The number of anilines is 1. The molecule has 0 spiro atoms. The second kappa shape index (κ2) is 6.32. The van der Waals surface area contributed by atoms with Crippen LogP contribution in [0.3, 0.4) is 0 Å². The van der Waals surface area contributed by atoms with Crippen molar-refractivity contribution in [3.05, 3.63) is 40.3 Å². The molecule has 8 nitrogen and oxygen atoms in total. The van der Waals surface area contributed by atoms with Gasteiger partial charge in [-0.3, -0.25) is 9.78 Å². The lowest BCUT2D eigenvalue weighted by molar-refractivity contribution is 0.318. The molecule has 0 atom stereocenters. The van der Waals surface area contributed by atoms with Gasteiger partial charge in [-0.2, -0.15) is 5.10 Å². The summed E-state index contributed by atoms with van der Waals surface area (Å²) in [5.74, 6) is 0.478. The molecule has 0 fully saturated rings. The third-order valence-corrected chi connectivity index (χ3v) is 2.28. The largest absolute Gasteiger partial charge is 0.504 e. The maximum Gasteiger partial charge on any atom is 0.271 e. The highest BCUT2D eigenvalue weighted by atomic mass is 16.5. The first-order chi connectivity index (χ1) is 9.70. The molecule has 1 aromatic heterocycles. The van der Waals surface area contributed by atoms with Crippen molar-refractivity contribution in [2.24, 2.45) is 5.10 Å². The van der Waals surface area contributed by atoms with Crippen LogP contribution < -0.4 is 15.7 Å². The summed E-state index contributed by atoms with van der Waals surface area (Å²) in [6, 6.07) is 5.06. The molecule has 0 amide bonds. The Kier molecular flexibility index (Phi) is 4.28. The number of rotatable bonds is 5. The van der Waals surface area contributed by atoms with Crippen LogP contribution in [0.2, 0.25) is 0 Å². The molecule has 0 saturated carbocycles. The lowest BCUT2D eigenvalue weighted by Gasteiger charge is -2.07. The number of hydrogen-bond acceptors (Lipinski definition) is 7. The van der Waals surface area contributed by atoms with E-state index in [4.69, 9.17) is 4.74 Å². The molecule has 20 heavy (non-hydrogen) atoms. The van der Waals surface area contributed by atoms with Crippen molar-refractivity contribution >= 4 is 12.2 Å². The van der Waals surface area contributed by atoms with E-state index in [9.17, 15) is 9.90 Å². The van der Waals surface area contributed by atoms with Crippen molar-refractivity contribution < 1.29 is 9.84 Å². The second-order valence-corrected chi connectivity index (χ2v) is 3.68. The molecule has 0 unspecified atom stereocenters. The fourth-order valence-electron chi connectivity index (χ4n) is 1.44. The number of phenolic OH excluding ortho intramolecular Hbond substituents is 1. The Labute approximate surface area is 114 Å². The Morgan fingerprint density at radius 1 is 1.55 bits per heavy atom. The first-order valence-electron chi connectivity index (χ1n) is 5.86. The van der Waals surface area contributed by atoms with Gasteiger partial charge in [-0.1, -0.05) is 6.07 Å². The number of nitrogens with one attached hydrogen (secondary N) is 2. The first kappa shape index (κ1) is 13.5. The highest BCUT2D eigenvalue weighted by molar-refractivity contribution is 5.85. The van der Waals surface area contributed by atoms with Gasteiger partial charge in [-0.05, 0) is 19.1 Å². The van der Waals surface area contributed by atoms with E-state index in [0.29, 0.717) is 17.9 Å². The summed E-state index contributed by atoms with van der Waals surface area (Å²) in [6.07, 6.45) is 2.43. The quantitative estimate of drug-likeness (QED) is 0.547. The summed E-state index contributed by atoms with van der Waals surface area (Å²) in [5.41, 5.74) is 2.58. The number of nitrogens with zero attached hydrogens (tertiary/aromatic N) is 3. The summed E-state index contributed by atoms with van der Waals surface area (Å²) >= 11 is 0. The zero-order valence-electron chi connectivity index (χ0n) is 10.7. The number of para-hydroxylation sites is 1. The highest BCUT2D eigenvalue weighted by Crippen LogP contribution is 2.28. The van der Waals surface area contributed by atoms with Crippen molar-refractivity contribution in [2.75, 3.05) is 12.0 Å². The van der Waals surface area contributed by atoms with Gasteiger partial charge < -0.3 is 9.84 Å². The van der Waals surface area contributed by atoms with Crippen LogP contribution >= 0.6 is 0 Å². The third-order valence-electron chi connectivity index (χ3n) is 2.28. The maximum atomic E-state index is 11.0. The zero-order valence-corrected chi connectivity index (χ0v) is 10.7. The van der Waals surface area contributed by atoms with Gasteiger partial charge >= 0.3 is 0 Å². The molecule has 0 bridgehead atoms. The number of aromatic hydroxyl groups is 1.